The Morgan fingerprint density at radius 3 is 2.75 bits per heavy atom. The van der Waals surface area contributed by atoms with E-state index in [0.29, 0.717) is 11.4 Å². The lowest BCUT2D eigenvalue weighted by Crippen LogP contribution is -2.39. The highest BCUT2D eigenvalue weighted by atomic mass is 19.1. The number of primary amides is 1. The van der Waals surface area contributed by atoms with Crippen LogP contribution in [0, 0.1) is 5.82 Å². The molecule has 0 bridgehead atoms. The first-order chi connectivity index (χ1) is 15.5. The Balaban J connectivity index is 1.35. The van der Waals surface area contributed by atoms with Crippen molar-refractivity contribution < 1.29 is 18.7 Å². The number of carbonyl (C=O) groups excluding carboxylic acids is 2. The summed E-state index contributed by atoms with van der Waals surface area (Å²) in [6.07, 6.45) is 1.95. The molecule has 0 saturated carbocycles. The number of hydrogen-bond acceptors (Lipinski definition) is 6. The minimum atomic E-state index is -0.828. The average Bonchev–Trinajstić information content (AvgIpc) is 3.52. The van der Waals surface area contributed by atoms with Crippen LogP contribution in [0.2, 0.25) is 0 Å². The van der Waals surface area contributed by atoms with Gasteiger partial charge in [0.2, 0.25) is 5.91 Å². The van der Waals surface area contributed by atoms with Crippen LogP contribution in [0.4, 0.5) is 15.8 Å². The molecule has 10 heteroatoms. The van der Waals surface area contributed by atoms with Crippen LogP contribution in [0.15, 0.2) is 47.6 Å². The number of halogens is 1. The number of nitrogens with one attached hydrogen (secondary N) is 2. The Morgan fingerprint density at radius 1 is 1.22 bits per heavy atom. The minimum absolute atomic E-state index is 0.0311. The second-order valence-electron chi connectivity index (χ2n) is 7.80. The molecule has 2 aliphatic heterocycles. The molecule has 2 aromatic carbocycles. The lowest BCUT2D eigenvalue weighted by atomic mass is 10.1. The summed E-state index contributed by atoms with van der Waals surface area (Å²) >= 11 is 0. The first-order valence-electron chi connectivity index (χ1n) is 10.3. The molecule has 3 heterocycles. The van der Waals surface area contributed by atoms with Gasteiger partial charge in [-0.25, -0.2) is 9.37 Å². The van der Waals surface area contributed by atoms with Crippen LogP contribution >= 0.6 is 0 Å². The maximum absolute atomic E-state index is 13.3. The van der Waals surface area contributed by atoms with Crippen LogP contribution in [0.5, 0.6) is 0 Å². The fourth-order valence-corrected chi connectivity index (χ4v) is 3.96. The van der Waals surface area contributed by atoms with Crippen molar-refractivity contribution in [3.8, 4) is 0 Å². The lowest BCUT2D eigenvalue weighted by Gasteiger charge is -2.20. The number of aromatic amines is 1. The van der Waals surface area contributed by atoms with Gasteiger partial charge in [-0.3, -0.25) is 14.6 Å². The van der Waals surface area contributed by atoms with Gasteiger partial charge in [0, 0.05) is 18.7 Å². The second kappa shape index (κ2) is 8.04. The van der Waals surface area contributed by atoms with Gasteiger partial charge in [0.25, 0.3) is 5.91 Å². The summed E-state index contributed by atoms with van der Waals surface area (Å²) < 4.78 is 18.9. The van der Waals surface area contributed by atoms with Gasteiger partial charge in [-0.1, -0.05) is 0 Å². The van der Waals surface area contributed by atoms with Crippen molar-refractivity contribution in [3.63, 3.8) is 0 Å². The number of hydrogen-bond donors (Lipinski definition) is 3. The highest BCUT2D eigenvalue weighted by Crippen LogP contribution is 2.29. The number of anilines is 2. The zero-order chi connectivity index (χ0) is 22.2. The first kappa shape index (κ1) is 20.1. The molecule has 2 aliphatic rings. The van der Waals surface area contributed by atoms with Crippen molar-refractivity contribution in [1.82, 2.24) is 9.97 Å². The van der Waals surface area contributed by atoms with E-state index in [1.165, 1.54) is 29.3 Å². The molecule has 4 N–H and O–H groups in total. The van der Waals surface area contributed by atoms with Crippen LogP contribution in [-0.2, 0) is 14.3 Å². The fourth-order valence-electron chi connectivity index (χ4n) is 3.96. The number of H-pyrrole nitrogens is 1. The summed E-state index contributed by atoms with van der Waals surface area (Å²) in [7, 11) is 0. The Kier molecular flexibility index (Phi) is 5.06. The Bertz CT molecular complexity index is 1220. The topological polar surface area (TPSA) is 126 Å². The third kappa shape index (κ3) is 3.80. The normalized spacial score (nSPS) is 20.5. The van der Waals surface area contributed by atoms with Gasteiger partial charge in [0.1, 0.15) is 29.5 Å². The lowest BCUT2D eigenvalue weighted by molar-refractivity contribution is -0.119. The smallest absolute Gasteiger partial charge is 0.271 e. The number of benzene rings is 2. The predicted molar refractivity (Wildman–Crippen MR) is 117 cm³/mol. The summed E-state index contributed by atoms with van der Waals surface area (Å²) in [5, 5.41) is 8.44. The Hall–Kier alpha value is -3.79. The van der Waals surface area contributed by atoms with Crippen molar-refractivity contribution in [2.75, 3.05) is 16.9 Å². The molecule has 164 valence electrons. The quantitative estimate of drug-likeness (QED) is 0.567. The van der Waals surface area contributed by atoms with Crippen molar-refractivity contribution in [1.29, 1.82) is 0 Å². The maximum atomic E-state index is 13.3. The molecule has 9 nitrogen and oxygen atoms in total. The molecule has 0 radical (unpaired) electrons. The summed E-state index contributed by atoms with van der Waals surface area (Å²) in [6, 6.07) is 9.99. The fraction of sp³-hybridized carbons (Fsp3) is 0.273. The zero-order valence-corrected chi connectivity index (χ0v) is 17.0. The van der Waals surface area contributed by atoms with E-state index in [0.717, 1.165) is 36.3 Å². The molecule has 5 rings (SSSR count). The van der Waals surface area contributed by atoms with Crippen molar-refractivity contribution >= 4 is 39.9 Å². The Labute approximate surface area is 182 Å². The van der Waals surface area contributed by atoms with Crippen LogP contribution in [-0.4, -0.2) is 40.1 Å². The van der Waals surface area contributed by atoms with Crippen LogP contribution in [0.3, 0.4) is 0 Å². The summed E-state index contributed by atoms with van der Waals surface area (Å²) in [6.45, 7) is 0.729. The van der Waals surface area contributed by atoms with Gasteiger partial charge in [-0.05, 0) is 55.3 Å². The SMILES string of the molecule is NC(=O)C1CC(C(=O)Nc2ccc3nc(C4CCCO4)[nH]c3c2)=NN1c1ccc(F)cc1. The van der Waals surface area contributed by atoms with E-state index < -0.39 is 23.7 Å². The molecule has 1 fully saturated rings. The van der Waals surface area contributed by atoms with Crippen LogP contribution in [0.25, 0.3) is 11.0 Å². The molecular formula is C22H21FN6O3. The number of amides is 2. The largest absolute Gasteiger partial charge is 0.370 e. The van der Waals surface area contributed by atoms with Gasteiger partial charge in [0.05, 0.1) is 16.7 Å². The van der Waals surface area contributed by atoms with Gasteiger partial charge in [-0.15, -0.1) is 0 Å². The minimum Gasteiger partial charge on any atom is -0.370 e. The van der Waals surface area contributed by atoms with E-state index in [4.69, 9.17) is 10.5 Å². The highest BCUT2D eigenvalue weighted by Gasteiger charge is 2.35. The first-order valence-corrected chi connectivity index (χ1v) is 10.3. The van der Waals surface area contributed by atoms with Crippen molar-refractivity contribution in [3.05, 3.63) is 54.1 Å². The van der Waals surface area contributed by atoms with E-state index in [-0.39, 0.29) is 18.2 Å². The molecule has 2 amide bonds. The third-order valence-electron chi connectivity index (χ3n) is 5.58. The monoisotopic (exact) mass is 436 g/mol. The van der Waals surface area contributed by atoms with E-state index in [2.05, 4.69) is 20.4 Å². The second-order valence-corrected chi connectivity index (χ2v) is 7.80. The van der Waals surface area contributed by atoms with Gasteiger partial charge >= 0.3 is 0 Å². The molecular weight excluding hydrogens is 415 g/mol. The average molecular weight is 436 g/mol. The number of hydrazone groups is 1. The van der Waals surface area contributed by atoms with E-state index in [1.54, 1.807) is 12.1 Å². The number of imidazole rings is 1. The molecule has 1 aromatic heterocycles. The number of aromatic nitrogens is 2. The molecule has 1 saturated heterocycles. The number of rotatable bonds is 5. The molecule has 2 atom stereocenters. The Morgan fingerprint density at radius 2 is 2.03 bits per heavy atom. The molecule has 0 aliphatic carbocycles. The van der Waals surface area contributed by atoms with Gasteiger partial charge < -0.3 is 20.8 Å². The maximum Gasteiger partial charge on any atom is 0.271 e. The molecule has 32 heavy (non-hydrogen) atoms. The van der Waals surface area contributed by atoms with Crippen molar-refractivity contribution in [2.45, 2.75) is 31.4 Å². The standard InChI is InChI=1S/C22H21FN6O3/c23-12-3-6-14(7-4-12)29-18(20(24)30)11-17(28-29)22(31)25-13-5-8-15-16(10-13)27-21(26-15)19-2-1-9-32-19/h3-8,10,18-19H,1-2,9,11H2,(H2,24,30)(H,25,31)(H,26,27). The third-order valence-corrected chi connectivity index (χ3v) is 5.58. The number of fused-ring (bicyclic) bond motifs is 1. The van der Waals surface area contributed by atoms with E-state index in [9.17, 15) is 14.0 Å². The van der Waals surface area contributed by atoms with Crippen LogP contribution < -0.4 is 16.1 Å². The number of carbonyl (C=O) groups is 2. The number of ether oxygens (including phenoxy) is 1. The van der Waals surface area contributed by atoms with E-state index in [1.807, 2.05) is 6.07 Å². The van der Waals surface area contributed by atoms with E-state index >= 15 is 0 Å². The van der Waals surface area contributed by atoms with Gasteiger partial charge in [0.15, 0.2) is 0 Å². The molecule has 0 spiro atoms. The van der Waals surface area contributed by atoms with Crippen LogP contribution in [0.1, 0.15) is 31.2 Å². The van der Waals surface area contributed by atoms with Gasteiger partial charge in [-0.2, -0.15) is 5.10 Å². The number of nitrogens with two attached hydrogens (primary N) is 1. The molecule has 2 unspecified atom stereocenters. The number of nitrogens with zero attached hydrogens (tertiary/aromatic N) is 3. The predicted octanol–water partition coefficient (Wildman–Crippen LogP) is 2.61. The molecule has 3 aromatic rings. The highest BCUT2D eigenvalue weighted by molar-refractivity contribution is 6.44. The summed E-state index contributed by atoms with van der Waals surface area (Å²) in [5.41, 5.74) is 8.25. The summed E-state index contributed by atoms with van der Waals surface area (Å²) in [4.78, 5) is 32.6. The summed E-state index contributed by atoms with van der Waals surface area (Å²) in [5.74, 6) is -0.705. The van der Waals surface area contributed by atoms with Crippen molar-refractivity contribution in [2.24, 2.45) is 10.8 Å². The zero-order valence-electron chi connectivity index (χ0n) is 17.0.